The molecule has 0 fully saturated rings. The highest BCUT2D eigenvalue weighted by molar-refractivity contribution is 5.47. The molecule has 0 saturated heterocycles. The van der Waals surface area contributed by atoms with Crippen LogP contribution in [0.25, 0.3) is 0 Å². The van der Waals surface area contributed by atoms with Crippen LogP contribution in [0.15, 0.2) is 48.5 Å². The fraction of sp³-hybridized carbons (Fsp3) is 0.294. The van der Waals surface area contributed by atoms with Crippen molar-refractivity contribution in [2.75, 3.05) is 18.5 Å². The smallest absolute Gasteiger partial charge is 0.0363 e. The van der Waals surface area contributed by atoms with Crippen molar-refractivity contribution in [2.45, 2.75) is 19.9 Å². The van der Waals surface area contributed by atoms with E-state index in [2.05, 4.69) is 67.4 Å². The van der Waals surface area contributed by atoms with Gasteiger partial charge in [-0.2, -0.15) is 0 Å². The average molecular weight is 254 g/mol. The number of nitrogens with two attached hydrogens (primary N) is 1. The van der Waals surface area contributed by atoms with Crippen LogP contribution in [0.3, 0.4) is 0 Å². The van der Waals surface area contributed by atoms with Crippen molar-refractivity contribution in [1.29, 1.82) is 0 Å². The summed E-state index contributed by atoms with van der Waals surface area (Å²) in [5.41, 5.74) is 10.7. The molecule has 0 saturated carbocycles. The van der Waals surface area contributed by atoms with Gasteiger partial charge in [-0.15, -0.1) is 0 Å². The van der Waals surface area contributed by atoms with Crippen LogP contribution >= 0.6 is 0 Å². The van der Waals surface area contributed by atoms with E-state index in [9.17, 15) is 0 Å². The molecule has 0 heterocycles. The number of likely N-dealkylation sites (N-methyl/N-ethyl adjacent to an activating group) is 1. The molecule has 0 amide bonds. The van der Waals surface area contributed by atoms with E-state index in [0.29, 0.717) is 6.54 Å². The third-order valence-electron chi connectivity index (χ3n) is 3.43. The van der Waals surface area contributed by atoms with E-state index < -0.39 is 0 Å². The Hall–Kier alpha value is -1.80. The topological polar surface area (TPSA) is 29.3 Å². The van der Waals surface area contributed by atoms with Crippen LogP contribution in [-0.2, 0) is 13.0 Å². The van der Waals surface area contributed by atoms with Crippen molar-refractivity contribution < 1.29 is 0 Å². The monoisotopic (exact) mass is 254 g/mol. The first-order valence-electron chi connectivity index (χ1n) is 6.75. The first kappa shape index (κ1) is 13.6. The molecule has 0 atom stereocenters. The van der Waals surface area contributed by atoms with Crippen molar-refractivity contribution in [3.05, 3.63) is 65.2 Å². The molecule has 0 bridgehead atoms. The van der Waals surface area contributed by atoms with E-state index in [0.717, 1.165) is 13.0 Å². The first-order valence-corrected chi connectivity index (χ1v) is 6.75. The molecule has 0 aliphatic heterocycles. The Kier molecular flexibility index (Phi) is 4.58. The van der Waals surface area contributed by atoms with E-state index in [1.807, 2.05) is 0 Å². The lowest BCUT2D eigenvalue weighted by molar-refractivity contribution is 0.875. The highest BCUT2D eigenvalue weighted by atomic mass is 15.1. The van der Waals surface area contributed by atoms with E-state index in [1.54, 1.807) is 0 Å². The number of rotatable bonds is 5. The molecule has 0 spiro atoms. The number of aryl methyl sites for hydroxylation is 1. The van der Waals surface area contributed by atoms with Gasteiger partial charge in [-0.25, -0.2) is 0 Å². The second kappa shape index (κ2) is 6.39. The predicted molar refractivity (Wildman–Crippen MR) is 82.5 cm³/mol. The van der Waals surface area contributed by atoms with Gasteiger partial charge in [0.05, 0.1) is 0 Å². The zero-order chi connectivity index (χ0) is 13.7. The van der Waals surface area contributed by atoms with Crippen LogP contribution < -0.4 is 10.6 Å². The number of hydrogen-bond acceptors (Lipinski definition) is 2. The Bertz CT molecular complexity index is 517. The Morgan fingerprint density at radius 2 is 1.74 bits per heavy atom. The molecular weight excluding hydrogens is 232 g/mol. The Labute approximate surface area is 115 Å². The maximum Gasteiger partial charge on any atom is 0.0363 e. The average Bonchev–Trinajstić information content (AvgIpc) is 2.45. The quantitative estimate of drug-likeness (QED) is 0.888. The Morgan fingerprint density at radius 3 is 2.37 bits per heavy atom. The summed E-state index contributed by atoms with van der Waals surface area (Å²) in [6.45, 7) is 3.76. The Balaban J connectivity index is 1.95. The second-order valence-electron chi connectivity index (χ2n) is 5.03. The fourth-order valence-electron chi connectivity index (χ4n) is 2.18. The summed E-state index contributed by atoms with van der Waals surface area (Å²) in [6.07, 6.45) is 1.07. The second-order valence-corrected chi connectivity index (χ2v) is 5.03. The van der Waals surface area contributed by atoms with Crippen LogP contribution in [0.4, 0.5) is 5.69 Å². The third kappa shape index (κ3) is 3.83. The molecule has 2 heteroatoms. The van der Waals surface area contributed by atoms with Crippen molar-refractivity contribution in [3.63, 3.8) is 0 Å². The number of anilines is 1. The summed E-state index contributed by atoms with van der Waals surface area (Å²) >= 11 is 0. The number of benzene rings is 2. The lowest BCUT2D eigenvalue weighted by atomic mass is 10.1. The van der Waals surface area contributed by atoms with Crippen molar-refractivity contribution in [3.8, 4) is 0 Å². The third-order valence-corrected chi connectivity index (χ3v) is 3.43. The molecule has 0 radical (unpaired) electrons. The molecule has 2 N–H and O–H groups in total. The summed E-state index contributed by atoms with van der Waals surface area (Å²) in [4.78, 5) is 2.28. The minimum absolute atomic E-state index is 0.604. The summed E-state index contributed by atoms with van der Waals surface area (Å²) in [5, 5.41) is 0. The summed E-state index contributed by atoms with van der Waals surface area (Å²) in [7, 11) is 2.13. The minimum Gasteiger partial charge on any atom is -0.374 e. The standard InChI is InChI=1S/C17H22N2/c1-14-4-3-5-15(12-14)10-11-19(2)17-8-6-16(13-18)7-9-17/h3-9,12H,10-11,13,18H2,1-2H3. The van der Waals surface area contributed by atoms with E-state index >= 15 is 0 Å². The lowest BCUT2D eigenvalue weighted by Gasteiger charge is -2.19. The summed E-state index contributed by atoms with van der Waals surface area (Å²) in [6, 6.07) is 17.2. The van der Waals surface area contributed by atoms with Gasteiger partial charge in [-0.1, -0.05) is 42.0 Å². The largest absolute Gasteiger partial charge is 0.374 e. The maximum atomic E-state index is 5.61. The van der Waals surface area contributed by atoms with Crippen molar-refractivity contribution >= 4 is 5.69 Å². The zero-order valence-electron chi connectivity index (χ0n) is 11.8. The van der Waals surface area contributed by atoms with Gasteiger partial charge in [-0.05, 0) is 36.6 Å². The molecular formula is C17H22N2. The zero-order valence-corrected chi connectivity index (χ0v) is 11.8. The van der Waals surface area contributed by atoms with E-state index in [-0.39, 0.29) is 0 Å². The highest BCUT2D eigenvalue weighted by Gasteiger charge is 2.01. The first-order chi connectivity index (χ1) is 9.19. The minimum atomic E-state index is 0.604. The van der Waals surface area contributed by atoms with Gasteiger partial charge in [0.2, 0.25) is 0 Å². The molecule has 0 aliphatic carbocycles. The van der Waals surface area contributed by atoms with Crippen LogP contribution in [0, 0.1) is 6.92 Å². The maximum absolute atomic E-state index is 5.61. The van der Waals surface area contributed by atoms with Gasteiger partial charge in [0.1, 0.15) is 0 Å². The van der Waals surface area contributed by atoms with Gasteiger partial charge < -0.3 is 10.6 Å². The highest BCUT2D eigenvalue weighted by Crippen LogP contribution is 2.14. The number of hydrogen-bond donors (Lipinski definition) is 1. The fourth-order valence-corrected chi connectivity index (χ4v) is 2.18. The van der Waals surface area contributed by atoms with E-state index in [4.69, 9.17) is 5.73 Å². The normalized spacial score (nSPS) is 10.5. The summed E-state index contributed by atoms with van der Waals surface area (Å²) in [5.74, 6) is 0. The van der Waals surface area contributed by atoms with Crippen molar-refractivity contribution in [1.82, 2.24) is 0 Å². The van der Waals surface area contributed by atoms with Gasteiger partial charge in [0.15, 0.2) is 0 Å². The molecule has 0 aliphatic rings. The lowest BCUT2D eigenvalue weighted by Crippen LogP contribution is -2.20. The molecule has 2 rings (SSSR count). The van der Waals surface area contributed by atoms with E-state index in [1.165, 1.54) is 22.4 Å². The molecule has 0 unspecified atom stereocenters. The number of nitrogens with zero attached hydrogens (tertiary/aromatic N) is 1. The van der Waals surface area contributed by atoms with Crippen LogP contribution in [0.5, 0.6) is 0 Å². The molecule has 2 nitrogen and oxygen atoms in total. The molecule has 100 valence electrons. The molecule has 2 aromatic rings. The van der Waals surface area contributed by atoms with Gasteiger partial charge in [0.25, 0.3) is 0 Å². The SMILES string of the molecule is Cc1cccc(CCN(C)c2ccc(CN)cc2)c1. The van der Waals surface area contributed by atoms with Crippen LogP contribution in [0.2, 0.25) is 0 Å². The molecule has 0 aromatic heterocycles. The Morgan fingerprint density at radius 1 is 1.00 bits per heavy atom. The van der Waals surface area contributed by atoms with Crippen molar-refractivity contribution in [2.24, 2.45) is 5.73 Å². The van der Waals surface area contributed by atoms with Crippen LogP contribution in [0.1, 0.15) is 16.7 Å². The predicted octanol–water partition coefficient (Wildman–Crippen LogP) is 3.13. The molecule has 19 heavy (non-hydrogen) atoms. The van der Waals surface area contributed by atoms with Gasteiger partial charge in [-0.3, -0.25) is 0 Å². The van der Waals surface area contributed by atoms with Gasteiger partial charge >= 0.3 is 0 Å². The van der Waals surface area contributed by atoms with Gasteiger partial charge in [0, 0.05) is 25.8 Å². The summed E-state index contributed by atoms with van der Waals surface area (Å²) < 4.78 is 0. The molecule has 2 aromatic carbocycles. The van der Waals surface area contributed by atoms with Crippen LogP contribution in [-0.4, -0.2) is 13.6 Å².